The minimum Gasteiger partial charge on any atom is -0.486 e. The highest BCUT2D eigenvalue weighted by Crippen LogP contribution is 2.16. The Bertz CT molecular complexity index is 587. The van der Waals surface area contributed by atoms with Crippen LogP contribution >= 0.6 is 0 Å². The van der Waals surface area contributed by atoms with Gasteiger partial charge in [0.25, 0.3) is 5.91 Å². The second kappa shape index (κ2) is 8.27. The van der Waals surface area contributed by atoms with Gasteiger partial charge >= 0.3 is 0 Å². The summed E-state index contributed by atoms with van der Waals surface area (Å²) in [6, 6.07) is 11.4. The van der Waals surface area contributed by atoms with Crippen LogP contribution in [0.4, 0.5) is 0 Å². The summed E-state index contributed by atoms with van der Waals surface area (Å²) in [5, 5.41) is 2.83. The summed E-state index contributed by atoms with van der Waals surface area (Å²) in [5.74, 6) is 1.59. The fourth-order valence-electron chi connectivity index (χ4n) is 2.02. The second-order valence-electron chi connectivity index (χ2n) is 5.16. The molecule has 0 radical (unpaired) electrons. The van der Waals surface area contributed by atoms with Gasteiger partial charge in [0.05, 0.1) is 0 Å². The van der Waals surface area contributed by atoms with Gasteiger partial charge in [-0.05, 0) is 42.7 Å². The van der Waals surface area contributed by atoms with Crippen molar-refractivity contribution in [1.29, 1.82) is 0 Å². The lowest BCUT2D eigenvalue weighted by molar-refractivity contribution is 0.0921. The Balaban J connectivity index is 1.84. The number of hydrogen-bond donors (Lipinski definition) is 1. The molecular formula is C18H23NO3. The highest BCUT2D eigenvalue weighted by molar-refractivity contribution is 5.91. The lowest BCUT2D eigenvalue weighted by Gasteiger charge is -2.05. The van der Waals surface area contributed by atoms with Gasteiger partial charge in [0.1, 0.15) is 18.1 Å². The summed E-state index contributed by atoms with van der Waals surface area (Å²) in [5.41, 5.74) is 1.27. The number of carbonyl (C=O) groups is 1. The molecule has 4 heteroatoms. The van der Waals surface area contributed by atoms with Gasteiger partial charge in [0.2, 0.25) is 0 Å². The minimum atomic E-state index is -0.174. The summed E-state index contributed by atoms with van der Waals surface area (Å²) in [6.45, 7) is 5.19. The molecular weight excluding hydrogens is 278 g/mol. The first-order valence-corrected chi connectivity index (χ1v) is 7.81. The van der Waals surface area contributed by atoms with E-state index in [4.69, 9.17) is 9.15 Å². The van der Waals surface area contributed by atoms with Crippen LogP contribution in [0.3, 0.4) is 0 Å². The summed E-state index contributed by atoms with van der Waals surface area (Å²) in [4.78, 5) is 11.8. The normalized spacial score (nSPS) is 10.5. The molecule has 1 heterocycles. The van der Waals surface area contributed by atoms with Crippen molar-refractivity contribution in [2.75, 3.05) is 6.54 Å². The summed E-state index contributed by atoms with van der Waals surface area (Å²) >= 11 is 0. The van der Waals surface area contributed by atoms with Crippen LogP contribution in [-0.2, 0) is 13.0 Å². The Kier molecular flexibility index (Phi) is 6.07. The van der Waals surface area contributed by atoms with Crippen LogP contribution in [0, 0.1) is 0 Å². The van der Waals surface area contributed by atoms with Gasteiger partial charge in [-0.2, -0.15) is 0 Å². The molecule has 4 nitrogen and oxygen atoms in total. The molecule has 2 aromatic rings. The predicted octanol–water partition coefficient (Wildman–Crippen LogP) is 3.95. The van der Waals surface area contributed by atoms with Crippen molar-refractivity contribution >= 4 is 5.91 Å². The van der Waals surface area contributed by atoms with E-state index in [1.54, 1.807) is 12.1 Å². The Morgan fingerprint density at radius 3 is 2.59 bits per heavy atom. The van der Waals surface area contributed by atoms with Crippen molar-refractivity contribution < 1.29 is 13.9 Å². The van der Waals surface area contributed by atoms with E-state index in [9.17, 15) is 4.79 Å². The Hall–Kier alpha value is -2.23. The molecule has 2 rings (SSSR count). The molecule has 0 aliphatic rings. The number of carbonyl (C=O) groups excluding carboxylic acids is 1. The molecule has 0 fully saturated rings. The van der Waals surface area contributed by atoms with E-state index in [0.717, 1.165) is 25.0 Å². The van der Waals surface area contributed by atoms with E-state index in [1.165, 1.54) is 5.56 Å². The van der Waals surface area contributed by atoms with Gasteiger partial charge in [-0.1, -0.05) is 32.4 Å². The molecule has 22 heavy (non-hydrogen) atoms. The number of hydrogen-bond acceptors (Lipinski definition) is 3. The van der Waals surface area contributed by atoms with Gasteiger partial charge in [-0.15, -0.1) is 0 Å². The first-order valence-electron chi connectivity index (χ1n) is 7.81. The molecule has 1 N–H and O–H groups in total. The number of rotatable bonds is 8. The van der Waals surface area contributed by atoms with Gasteiger partial charge < -0.3 is 14.5 Å². The molecule has 1 aromatic carbocycles. The first-order chi connectivity index (χ1) is 10.7. The zero-order chi connectivity index (χ0) is 15.8. The van der Waals surface area contributed by atoms with Gasteiger partial charge in [0.15, 0.2) is 5.76 Å². The maximum Gasteiger partial charge on any atom is 0.286 e. The zero-order valence-corrected chi connectivity index (χ0v) is 13.2. The molecule has 0 saturated carbocycles. The molecule has 0 aliphatic carbocycles. The van der Waals surface area contributed by atoms with Crippen molar-refractivity contribution in [3.05, 3.63) is 53.5 Å². The van der Waals surface area contributed by atoms with Gasteiger partial charge in [-0.25, -0.2) is 0 Å². The molecule has 0 saturated heterocycles. The molecule has 1 amide bonds. The first kappa shape index (κ1) is 16.1. The molecule has 0 bridgehead atoms. The fraction of sp³-hybridized carbons (Fsp3) is 0.389. The van der Waals surface area contributed by atoms with E-state index in [0.29, 0.717) is 24.7 Å². The number of aryl methyl sites for hydroxylation is 1. The topological polar surface area (TPSA) is 51.5 Å². The lowest BCUT2D eigenvalue weighted by Crippen LogP contribution is -2.23. The van der Waals surface area contributed by atoms with Gasteiger partial charge in [0, 0.05) is 6.54 Å². The van der Waals surface area contributed by atoms with Crippen LogP contribution < -0.4 is 10.1 Å². The van der Waals surface area contributed by atoms with E-state index < -0.39 is 0 Å². The minimum absolute atomic E-state index is 0.174. The predicted molar refractivity (Wildman–Crippen MR) is 86.1 cm³/mol. The van der Waals surface area contributed by atoms with Crippen LogP contribution in [0.5, 0.6) is 5.75 Å². The number of furan rings is 1. The number of amides is 1. The molecule has 0 unspecified atom stereocenters. The second-order valence-corrected chi connectivity index (χ2v) is 5.16. The highest BCUT2D eigenvalue weighted by atomic mass is 16.5. The maximum atomic E-state index is 11.8. The molecule has 1 aromatic heterocycles. The zero-order valence-electron chi connectivity index (χ0n) is 13.2. The van der Waals surface area contributed by atoms with Crippen molar-refractivity contribution in [2.45, 2.75) is 39.7 Å². The summed E-state index contributed by atoms with van der Waals surface area (Å²) in [6.07, 6.45) is 3.03. The molecule has 0 spiro atoms. The van der Waals surface area contributed by atoms with E-state index in [2.05, 4.69) is 19.2 Å². The van der Waals surface area contributed by atoms with Crippen molar-refractivity contribution in [3.63, 3.8) is 0 Å². The molecule has 0 aliphatic heterocycles. The Morgan fingerprint density at radius 2 is 1.91 bits per heavy atom. The number of benzene rings is 1. The van der Waals surface area contributed by atoms with Crippen molar-refractivity contribution in [2.24, 2.45) is 0 Å². The molecule has 118 valence electrons. The van der Waals surface area contributed by atoms with Crippen LogP contribution in [-0.4, -0.2) is 12.5 Å². The number of ether oxygens (including phenoxy) is 1. The number of unbranched alkanes of at least 4 members (excludes halogenated alkanes) is 1. The Morgan fingerprint density at radius 1 is 1.14 bits per heavy atom. The van der Waals surface area contributed by atoms with Crippen LogP contribution in [0.1, 0.15) is 48.6 Å². The Labute approximate surface area is 131 Å². The maximum absolute atomic E-state index is 11.8. The highest BCUT2D eigenvalue weighted by Gasteiger charge is 2.10. The SMILES string of the molecule is CCCCNC(=O)c1ccc(COc2ccc(CC)cc2)o1. The van der Waals surface area contributed by atoms with E-state index in [1.807, 2.05) is 24.3 Å². The van der Waals surface area contributed by atoms with Crippen LogP contribution in [0.15, 0.2) is 40.8 Å². The lowest BCUT2D eigenvalue weighted by atomic mass is 10.2. The van der Waals surface area contributed by atoms with Crippen LogP contribution in [0.2, 0.25) is 0 Å². The van der Waals surface area contributed by atoms with Gasteiger partial charge in [-0.3, -0.25) is 4.79 Å². The van der Waals surface area contributed by atoms with Crippen LogP contribution in [0.25, 0.3) is 0 Å². The average Bonchev–Trinajstić information content (AvgIpc) is 3.02. The quantitative estimate of drug-likeness (QED) is 0.751. The molecule has 0 atom stereocenters. The smallest absolute Gasteiger partial charge is 0.286 e. The average molecular weight is 301 g/mol. The van der Waals surface area contributed by atoms with Crippen molar-refractivity contribution in [1.82, 2.24) is 5.32 Å². The standard InChI is InChI=1S/C18H23NO3/c1-3-5-12-19-18(20)17-11-10-16(22-17)13-21-15-8-6-14(4-2)7-9-15/h6-11H,3-5,12-13H2,1-2H3,(H,19,20). The third kappa shape index (κ3) is 4.65. The van der Waals surface area contributed by atoms with E-state index >= 15 is 0 Å². The summed E-state index contributed by atoms with van der Waals surface area (Å²) < 4.78 is 11.2. The largest absolute Gasteiger partial charge is 0.486 e. The van der Waals surface area contributed by atoms with Crippen molar-refractivity contribution in [3.8, 4) is 5.75 Å². The third-order valence-corrected chi connectivity index (χ3v) is 3.41. The van der Waals surface area contributed by atoms with E-state index in [-0.39, 0.29) is 5.91 Å². The summed E-state index contributed by atoms with van der Waals surface area (Å²) in [7, 11) is 0. The fourth-order valence-corrected chi connectivity index (χ4v) is 2.02. The number of nitrogens with one attached hydrogen (secondary N) is 1. The monoisotopic (exact) mass is 301 g/mol. The third-order valence-electron chi connectivity index (χ3n) is 3.41.